The van der Waals surface area contributed by atoms with Gasteiger partial charge in [-0.25, -0.2) is 0 Å². The zero-order chi connectivity index (χ0) is 13.9. The van der Waals surface area contributed by atoms with Crippen molar-refractivity contribution in [3.8, 4) is 0 Å². The molecule has 0 atom stereocenters. The van der Waals surface area contributed by atoms with Crippen molar-refractivity contribution in [1.82, 2.24) is 10.6 Å². The fourth-order valence-corrected chi connectivity index (χ4v) is 2.43. The lowest BCUT2D eigenvalue weighted by Crippen LogP contribution is -2.40. The predicted octanol–water partition coefficient (Wildman–Crippen LogP) is 2.18. The molecule has 0 unspecified atom stereocenters. The van der Waals surface area contributed by atoms with E-state index in [2.05, 4.69) is 28.8 Å². The molecule has 104 valence electrons. The molecule has 2 N–H and O–H groups in total. The van der Waals surface area contributed by atoms with E-state index in [-0.39, 0.29) is 11.4 Å². The van der Waals surface area contributed by atoms with E-state index in [4.69, 9.17) is 0 Å². The molecule has 0 spiro atoms. The molecule has 2 rings (SSSR count). The molecule has 1 aliphatic rings. The number of amides is 1. The third-order valence-corrected chi connectivity index (χ3v) is 3.31. The number of rotatable bonds is 3. The Bertz CT molecular complexity index is 460. The Morgan fingerprint density at radius 2 is 2.11 bits per heavy atom. The summed E-state index contributed by atoms with van der Waals surface area (Å²) in [5.74, 6) is 0.128. The minimum atomic E-state index is -0.142. The molecule has 0 aromatic heterocycles. The van der Waals surface area contributed by atoms with E-state index in [0.717, 1.165) is 25.9 Å². The Morgan fingerprint density at radius 3 is 2.84 bits per heavy atom. The van der Waals surface area contributed by atoms with Gasteiger partial charge >= 0.3 is 0 Å². The lowest BCUT2D eigenvalue weighted by Gasteiger charge is -2.21. The number of carbonyl (C=O) groups is 1. The lowest BCUT2D eigenvalue weighted by atomic mass is 9.97. The number of nitrogens with one attached hydrogen (secondary N) is 2. The van der Waals surface area contributed by atoms with E-state index >= 15 is 0 Å². The van der Waals surface area contributed by atoms with Crippen LogP contribution in [0.15, 0.2) is 18.2 Å². The summed E-state index contributed by atoms with van der Waals surface area (Å²) in [6.45, 7) is 8.05. The first-order valence-corrected chi connectivity index (χ1v) is 7.06. The van der Waals surface area contributed by atoms with Crippen molar-refractivity contribution in [3.63, 3.8) is 0 Å². The number of fused-ring (bicyclic) bond motifs is 1. The molecule has 19 heavy (non-hydrogen) atoms. The summed E-state index contributed by atoms with van der Waals surface area (Å²) in [4.78, 5) is 11.8. The van der Waals surface area contributed by atoms with Crippen LogP contribution in [0.1, 0.15) is 43.9 Å². The Balaban J connectivity index is 1.91. The van der Waals surface area contributed by atoms with E-state index in [9.17, 15) is 4.79 Å². The van der Waals surface area contributed by atoms with Crippen molar-refractivity contribution in [3.05, 3.63) is 34.9 Å². The number of hydrogen-bond acceptors (Lipinski definition) is 2. The quantitative estimate of drug-likeness (QED) is 0.874. The van der Waals surface area contributed by atoms with E-state index in [0.29, 0.717) is 6.42 Å². The Kier molecular flexibility index (Phi) is 4.25. The van der Waals surface area contributed by atoms with Gasteiger partial charge in [0.2, 0.25) is 5.91 Å². The van der Waals surface area contributed by atoms with Crippen LogP contribution in [0.5, 0.6) is 0 Å². The van der Waals surface area contributed by atoms with Crippen LogP contribution in [-0.2, 0) is 24.2 Å². The Hall–Kier alpha value is -1.35. The molecule has 0 saturated carbocycles. The van der Waals surface area contributed by atoms with Crippen molar-refractivity contribution in [2.75, 3.05) is 6.54 Å². The van der Waals surface area contributed by atoms with Crippen LogP contribution in [0.4, 0.5) is 0 Å². The molecule has 1 amide bonds. The number of benzene rings is 1. The molecule has 0 saturated heterocycles. The van der Waals surface area contributed by atoms with Gasteiger partial charge in [0.15, 0.2) is 0 Å². The third kappa shape index (κ3) is 4.35. The maximum atomic E-state index is 11.8. The third-order valence-electron chi connectivity index (χ3n) is 3.31. The average Bonchev–Trinajstić information content (AvgIpc) is 2.34. The summed E-state index contributed by atoms with van der Waals surface area (Å²) in [6.07, 6.45) is 2.48. The molecule has 3 heteroatoms. The maximum Gasteiger partial charge on any atom is 0.220 e. The van der Waals surface area contributed by atoms with Crippen LogP contribution < -0.4 is 10.6 Å². The first-order chi connectivity index (χ1) is 8.94. The van der Waals surface area contributed by atoms with Crippen LogP contribution in [0.3, 0.4) is 0 Å². The van der Waals surface area contributed by atoms with Gasteiger partial charge in [-0.1, -0.05) is 18.2 Å². The normalized spacial score (nSPS) is 14.9. The molecule has 0 radical (unpaired) electrons. The summed E-state index contributed by atoms with van der Waals surface area (Å²) in [6, 6.07) is 6.62. The molecular formula is C16H24N2O. The van der Waals surface area contributed by atoms with Gasteiger partial charge in [-0.2, -0.15) is 0 Å². The lowest BCUT2D eigenvalue weighted by molar-refractivity contribution is -0.122. The van der Waals surface area contributed by atoms with Crippen LogP contribution in [-0.4, -0.2) is 18.0 Å². The number of hydrogen-bond donors (Lipinski definition) is 2. The maximum absolute atomic E-state index is 11.8. The number of aryl methyl sites for hydroxylation is 1. The van der Waals surface area contributed by atoms with Crippen molar-refractivity contribution < 1.29 is 4.79 Å². The zero-order valence-electron chi connectivity index (χ0n) is 12.2. The van der Waals surface area contributed by atoms with Gasteiger partial charge in [-0.15, -0.1) is 0 Å². The minimum Gasteiger partial charge on any atom is -0.351 e. The molecular weight excluding hydrogens is 236 g/mol. The highest BCUT2D eigenvalue weighted by Gasteiger charge is 2.14. The summed E-state index contributed by atoms with van der Waals surface area (Å²) in [7, 11) is 0. The van der Waals surface area contributed by atoms with Crippen LogP contribution in [0, 0.1) is 0 Å². The number of carbonyl (C=O) groups excluding carboxylic acids is 1. The van der Waals surface area contributed by atoms with E-state index in [1.54, 1.807) is 0 Å². The second-order valence-corrected chi connectivity index (χ2v) is 6.33. The molecule has 1 heterocycles. The molecule has 0 bridgehead atoms. The van der Waals surface area contributed by atoms with Crippen molar-refractivity contribution in [1.29, 1.82) is 0 Å². The van der Waals surface area contributed by atoms with Crippen LogP contribution >= 0.6 is 0 Å². The fourth-order valence-electron chi connectivity index (χ4n) is 2.43. The van der Waals surface area contributed by atoms with Gasteiger partial charge in [0.25, 0.3) is 0 Å². The molecule has 3 nitrogen and oxygen atoms in total. The molecule has 0 aliphatic carbocycles. The highest BCUT2D eigenvalue weighted by molar-refractivity contribution is 5.76. The largest absolute Gasteiger partial charge is 0.351 e. The van der Waals surface area contributed by atoms with Gasteiger partial charge in [0.05, 0.1) is 0 Å². The minimum absolute atomic E-state index is 0.128. The summed E-state index contributed by atoms with van der Waals surface area (Å²) < 4.78 is 0. The van der Waals surface area contributed by atoms with E-state index in [1.165, 1.54) is 16.7 Å². The standard InChI is InChI=1S/C16H24N2O/c1-16(2,3)18-15(19)7-5-12-4-6-13-8-9-17-11-14(13)10-12/h4,6,10,17H,5,7-9,11H2,1-3H3,(H,18,19). The topological polar surface area (TPSA) is 41.1 Å². The molecule has 1 aromatic rings. The predicted molar refractivity (Wildman–Crippen MR) is 78.1 cm³/mol. The average molecular weight is 260 g/mol. The smallest absolute Gasteiger partial charge is 0.220 e. The summed E-state index contributed by atoms with van der Waals surface area (Å²) in [5, 5.41) is 6.39. The SMILES string of the molecule is CC(C)(C)NC(=O)CCc1ccc2c(c1)CNCC2. The van der Waals surface area contributed by atoms with Gasteiger partial charge in [0, 0.05) is 18.5 Å². The summed E-state index contributed by atoms with van der Waals surface area (Å²) in [5.41, 5.74) is 3.95. The Morgan fingerprint density at radius 1 is 1.32 bits per heavy atom. The molecule has 1 aromatic carbocycles. The Labute approximate surface area is 115 Å². The van der Waals surface area contributed by atoms with Gasteiger partial charge in [-0.05, 0) is 56.8 Å². The first kappa shape index (κ1) is 14.1. The monoisotopic (exact) mass is 260 g/mol. The second kappa shape index (κ2) is 5.74. The van der Waals surface area contributed by atoms with Crippen LogP contribution in [0.25, 0.3) is 0 Å². The van der Waals surface area contributed by atoms with E-state index < -0.39 is 0 Å². The summed E-state index contributed by atoms with van der Waals surface area (Å²) >= 11 is 0. The van der Waals surface area contributed by atoms with E-state index in [1.807, 2.05) is 20.8 Å². The van der Waals surface area contributed by atoms with Crippen molar-refractivity contribution >= 4 is 5.91 Å². The second-order valence-electron chi connectivity index (χ2n) is 6.33. The van der Waals surface area contributed by atoms with Gasteiger partial charge in [-0.3, -0.25) is 4.79 Å². The van der Waals surface area contributed by atoms with Gasteiger partial charge in [0.1, 0.15) is 0 Å². The van der Waals surface area contributed by atoms with Gasteiger partial charge < -0.3 is 10.6 Å². The highest BCUT2D eigenvalue weighted by atomic mass is 16.1. The first-order valence-electron chi connectivity index (χ1n) is 7.06. The molecule has 0 fully saturated rings. The van der Waals surface area contributed by atoms with Crippen LogP contribution in [0.2, 0.25) is 0 Å². The highest BCUT2D eigenvalue weighted by Crippen LogP contribution is 2.17. The molecule has 1 aliphatic heterocycles. The fraction of sp³-hybridized carbons (Fsp3) is 0.562. The zero-order valence-corrected chi connectivity index (χ0v) is 12.2. The van der Waals surface area contributed by atoms with Crippen molar-refractivity contribution in [2.24, 2.45) is 0 Å². The van der Waals surface area contributed by atoms with Crippen molar-refractivity contribution in [2.45, 2.75) is 52.1 Å².